The zero-order valence-electron chi connectivity index (χ0n) is 17.6. The number of anilines is 1. The highest BCUT2D eigenvalue weighted by Gasteiger charge is 2.21. The van der Waals surface area contributed by atoms with Crippen molar-refractivity contribution in [2.45, 2.75) is 70.6 Å². The fourth-order valence-electron chi connectivity index (χ4n) is 3.74. The summed E-state index contributed by atoms with van der Waals surface area (Å²) in [4.78, 5) is 36.7. The summed E-state index contributed by atoms with van der Waals surface area (Å²) in [7, 11) is 0. The van der Waals surface area contributed by atoms with E-state index in [9.17, 15) is 14.7 Å². The number of carboxylic acid groups (broad SMARTS) is 1. The highest BCUT2D eigenvalue weighted by molar-refractivity contribution is 5.80. The minimum Gasteiger partial charge on any atom is -0.481 e. The van der Waals surface area contributed by atoms with Crippen molar-refractivity contribution >= 4 is 17.6 Å². The van der Waals surface area contributed by atoms with Crippen LogP contribution in [0.4, 0.5) is 5.82 Å². The second-order valence-corrected chi connectivity index (χ2v) is 7.93. The van der Waals surface area contributed by atoms with Crippen molar-refractivity contribution in [3.8, 4) is 0 Å². The number of fused-ring (bicyclic) bond motifs is 1. The van der Waals surface area contributed by atoms with Crippen LogP contribution in [-0.2, 0) is 22.4 Å². The Kier molecular flexibility index (Phi) is 7.88. The number of carbonyl (C=O) groups excluding carboxylic acids is 1. The summed E-state index contributed by atoms with van der Waals surface area (Å²) in [5, 5.41) is 12.9. The van der Waals surface area contributed by atoms with Crippen molar-refractivity contribution in [1.29, 1.82) is 0 Å². The first-order valence-corrected chi connectivity index (χ1v) is 10.8. The Morgan fingerprint density at radius 1 is 1.13 bits per heavy atom. The highest BCUT2D eigenvalue weighted by atomic mass is 16.4. The molecule has 0 saturated heterocycles. The van der Waals surface area contributed by atoms with Crippen LogP contribution in [0.25, 0.3) is 0 Å². The van der Waals surface area contributed by atoms with Crippen LogP contribution in [0.2, 0.25) is 0 Å². The third kappa shape index (κ3) is 6.34. The van der Waals surface area contributed by atoms with Gasteiger partial charge < -0.3 is 10.4 Å². The van der Waals surface area contributed by atoms with E-state index in [0.29, 0.717) is 17.8 Å². The SMILES string of the molecule is Cc1ncc([C@H](CCC(=O)CCCCc2ccc3c(n2)NCCCC3)C(=O)O)cn1. The number of aryl methyl sites for hydroxylation is 3. The molecule has 7 nitrogen and oxygen atoms in total. The monoisotopic (exact) mass is 410 g/mol. The third-order valence-corrected chi connectivity index (χ3v) is 5.55. The lowest BCUT2D eigenvalue weighted by molar-refractivity contribution is -0.139. The second kappa shape index (κ2) is 10.8. The van der Waals surface area contributed by atoms with Gasteiger partial charge in [-0.2, -0.15) is 0 Å². The Morgan fingerprint density at radius 3 is 2.70 bits per heavy atom. The smallest absolute Gasteiger partial charge is 0.311 e. The predicted molar refractivity (Wildman–Crippen MR) is 115 cm³/mol. The lowest BCUT2D eigenvalue weighted by Crippen LogP contribution is -2.14. The molecule has 1 aliphatic rings. The lowest BCUT2D eigenvalue weighted by Gasteiger charge is -2.12. The number of carboxylic acids is 1. The minimum atomic E-state index is -0.946. The van der Waals surface area contributed by atoms with Crippen LogP contribution in [0.3, 0.4) is 0 Å². The number of unbranched alkanes of at least 4 members (excludes halogenated alkanes) is 1. The minimum absolute atomic E-state index is 0.103. The van der Waals surface area contributed by atoms with Crippen LogP contribution in [0.5, 0.6) is 0 Å². The van der Waals surface area contributed by atoms with Crippen LogP contribution in [-0.4, -0.2) is 38.4 Å². The molecule has 3 rings (SSSR count). The standard InChI is InChI=1S/C23H30N4O3/c1-16-25-14-18(15-26-16)21(23(29)30)12-11-20(28)8-3-2-7-19-10-9-17-6-4-5-13-24-22(17)27-19/h9-10,14-15,21H,2-8,11-13H2,1H3,(H,24,27)(H,29,30)/t21-/m0/s1. The van der Waals surface area contributed by atoms with Gasteiger partial charge in [0.2, 0.25) is 0 Å². The molecule has 0 aliphatic carbocycles. The topological polar surface area (TPSA) is 105 Å². The zero-order valence-corrected chi connectivity index (χ0v) is 17.6. The first-order valence-electron chi connectivity index (χ1n) is 10.8. The molecule has 0 saturated carbocycles. The van der Waals surface area contributed by atoms with Gasteiger partial charge in [-0.25, -0.2) is 15.0 Å². The van der Waals surface area contributed by atoms with E-state index in [2.05, 4.69) is 27.4 Å². The Morgan fingerprint density at radius 2 is 1.93 bits per heavy atom. The van der Waals surface area contributed by atoms with E-state index >= 15 is 0 Å². The Balaban J connectivity index is 1.41. The van der Waals surface area contributed by atoms with Gasteiger partial charge in [-0.05, 0) is 63.5 Å². The average molecular weight is 411 g/mol. The van der Waals surface area contributed by atoms with Crippen LogP contribution in [0.1, 0.15) is 73.5 Å². The number of aromatic nitrogens is 3. The normalized spacial score (nSPS) is 14.3. The number of nitrogens with zero attached hydrogens (tertiary/aromatic N) is 3. The maximum absolute atomic E-state index is 12.2. The zero-order chi connectivity index (χ0) is 21.3. The van der Waals surface area contributed by atoms with Gasteiger partial charge in [-0.15, -0.1) is 0 Å². The highest BCUT2D eigenvalue weighted by Crippen LogP contribution is 2.22. The van der Waals surface area contributed by atoms with Gasteiger partial charge >= 0.3 is 5.97 Å². The molecule has 2 N–H and O–H groups in total. The van der Waals surface area contributed by atoms with Crippen molar-refractivity contribution in [3.05, 3.63) is 47.2 Å². The summed E-state index contributed by atoms with van der Waals surface area (Å²) in [5.41, 5.74) is 2.89. The summed E-state index contributed by atoms with van der Waals surface area (Å²) in [6.45, 7) is 2.73. The van der Waals surface area contributed by atoms with Gasteiger partial charge in [0.1, 0.15) is 17.4 Å². The molecular formula is C23H30N4O3. The van der Waals surface area contributed by atoms with Gasteiger partial charge in [0, 0.05) is 43.0 Å². The first kappa shape index (κ1) is 21.9. The number of carbonyl (C=O) groups is 2. The van der Waals surface area contributed by atoms with E-state index in [1.807, 2.05) is 0 Å². The molecule has 160 valence electrons. The second-order valence-electron chi connectivity index (χ2n) is 7.93. The molecule has 7 heteroatoms. The van der Waals surface area contributed by atoms with Gasteiger partial charge in [0.05, 0.1) is 5.92 Å². The Bertz CT molecular complexity index is 867. The van der Waals surface area contributed by atoms with Crippen LogP contribution < -0.4 is 5.32 Å². The number of Topliss-reactive ketones (excluding diaryl/α,β-unsaturated/α-hetero) is 1. The summed E-state index contributed by atoms with van der Waals surface area (Å²) in [6.07, 6.45) is 10.1. The molecule has 3 heterocycles. The van der Waals surface area contributed by atoms with Crippen molar-refractivity contribution in [1.82, 2.24) is 15.0 Å². The van der Waals surface area contributed by atoms with E-state index in [0.717, 1.165) is 43.7 Å². The van der Waals surface area contributed by atoms with Gasteiger partial charge in [-0.1, -0.05) is 6.07 Å². The third-order valence-electron chi connectivity index (χ3n) is 5.55. The predicted octanol–water partition coefficient (Wildman–Crippen LogP) is 3.86. The Hall–Kier alpha value is -2.83. The molecule has 0 radical (unpaired) electrons. The summed E-state index contributed by atoms with van der Waals surface area (Å²) in [5.74, 6) is 0.0226. The number of ketones is 1. The Labute approximate surface area is 177 Å². The molecule has 1 atom stereocenters. The molecule has 0 amide bonds. The molecule has 0 fully saturated rings. The summed E-state index contributed by atoms with van der Waals surface area (Å²) >= 11 is 0. The van der Waals surface area contributed by atoms with Crippen LogP contribution >= 0.6 is 0 Å². The van der Waals surface area contributed by atoms with E-state index in [-0.39, 0.29) is 18.6 Å². The fourth-order valence-corrected chi connectivity index (χ4v) is 3.74. The molecule has 0 aromatic carbocycles. The number of nitrogens with one attached hydrogen (secondary N) is 1. The quantitative estimate of drug-likeness (QED) is 0.573. The molecule has 30 heavy (non-hydrogen) atoms. The van der Waals surface area contributed by atoms with E-state index in [4.69, 9.17) is 4.98 Å². The lowest BCUT2D eigenvalue weighted by atomic mass is 9.94. The molecule has 2 aromatic heterocycles. The molecule has 0 bridgehead atoms. The van der Waals surface area contributed by atoms with Crippen LogP contribution in [0, 0.1) is 6.92 Å². The number of hydrogen-bond donors (Lipinski definition) is 2. The molecular weight excluding hydrogens is 380 g/mol. The van der Waals surface area contributed by atoms with Crippen molar-refractivity contribution in [3.63, 3.8) is 0 Å². The van der Waals surface area contributed by atoms with Gasteiger partial charge in [0.25, 0.3) is 0 Å². The molecule has 1 aliphatic heterocycles. The molecule has 0 spiro atoms. The maximum Gasteiger partial charge on any atom is 0.311 e. The van der Waals surface area contributed by atoms with E-state index in [1.54, 1.807) is 6.92 Å². The average Bonchev–Trinajstić information content (AvgIpc) is 2.97. The summed E-state index contributed by atoms with van der Waals surface area (Å²) in [6, 6.07) is 4.26. The maximum atomic E-state index is 12.2. The van der Waals surface area contributed by atoms with Crippen molar-refractivity contribution in [2.75, 3.05) is 11.9 Å². The van der Waals surface area contributed by atoms with Crippen molar-refractivity contribution in [2.24, 2.45) is 0 Å². The van der Waals surface area contributed by atoms with Crippen LogP contribution in [0.15, 0.2) is 24.5 Å². The summed E-state index contributed by atoms with van der Waals surface area (Å²) < 4.78 is 0. The fraction of sp³-hybridized carbons (Fsp3) is 0.522. The van der Waals surface area contributed by atoms with Gasteiger partial charge in [0.15, 0.2) is 0 Å². The van der Waals surface area contributed by atoms with E-state index in [1.165, 1.54) is 30.8 Å². The molecule has 0 unspecified atom stereocenters. The van der Waals surface area contributed by atoms with E-state index < -0.39 is 11.9 Å². The number of aliphatic carboxylic acids is 1. The van der Waals surface area contributed by atoms with Gasteiger partial charge in [-0.3, -0.25) is 9.59 Å². The molecule has 2 aromatic rings. The number of rotatable bonds is 10. The first-order chi connectivity index (χ1) is 14.5. The number of pyridine rings is 1. The largest absolute Gasteiger partial charge is 0.481 e. The van der Waals surface area contributed by atoms with Crippen molar-refractivity contribution < 1.29 is 14.7 Å². The number of hydrogen-bond acceptors (Lipinski definition) is 6.